The molecule has 1 aliphatic rings. The summed E-state index contributed by atoms with van der Waals surface area (Å²) in [4.78, 5) is 23.8. The van der Waals surface area contributed by atoms with Crippen molar-refractivity contribution in [2.75, 3.05) is 18.8 Å². The van der Waals surface area contributed by atoms with Crippen molar-refractivity contribution >= 4 is 23.8 Å². The summed E-state index contributed by atoms with van der Waals surface area (Å²) in [5.41, 5.74) is 0. The molecule has 1 aliphatic carbocycles. The summed E-state index contributed by atoms with van der Waals surface area (Å²) < 4.78 is 0. The van der Waals surface area contributed by atoms with Gasteiger partial charge < -0.3 is 15.3 Å². The molecule has 2 amide bonds. The van der Waals surface area contributed by atoms with E-state index in [0.29, 0.717) is 11.8 Å². The summed E-state index contributed by atoms with van der Waals surface area (Å²) in [6.45, 7) is 4.11. The van der Waals surface area contributed by atoms with E-state index in [4.69, 9.17) is 5.11 Å². The van der Waals surface area contributed by atoms with Gasteiger partial charge >= 0.3 is 12.0 Å². The Kier molecular flexibility index (Phi) is 6.32. The van der Waals surface area contributed by atoms with Crippen molar-refractivity contribution in [1.82, 2.24) is 10.2 Å². The third kappa shape index (κ3) is 4.76. The van der Waals surface area contributed by atoms with Crippen molar-refractivity contribution in [3.05, 3.63) is 0 Å². The molecule has 6 heteroatoms. The van der Waals surface area contributed by atoms with E-state index in [1.807, 2.05) is 11.8 Å². The molecule has 0 aliphatic heterocycles. The van der Waals surface area contributed by atoms with Gasteiger partial charge in [0.15, 0.2) is 0 Å². The lowest BCUT2D eigenvalue weighted by molar-refractivity contribution is -0.137. The van der Waals surface area contributed by atoms with Gasteiger partial charge in [-0.15, -0.1) is 0 Å². The number of rotatable bonds is 6. The lowest BCUT2D eigenvalue weighted by atomic mass is 10.2. The van der Waals surface area contributed by atoms with Crippen LogP contribution in [0.25, 0.3) is 0 Å². The van der Waals surface area contributed by atoms with Crippen molar-refractivity contribution in [3.63, 3.8) is 0 Å². The summed E-state index contributed by atoms with van der Waals surface area (Å²) in [5, 5.41) is 12.3. The Morgan fingerprint density at radius 3 is 2.67 bits per heavy atom. The van der Waals surface area contributed by atoms with Crippen LogP contribution in [0, 0.1) is 0 Å². The monoisotopic (exact) mass is 274 g/mol. The fourth-order valence-corrected chi connectivity index (χ4v) is 3.36. The topological polar surface area (TPSA) is 69.6 Å². The average Bonchev–Trinajstić information content (AvgIpc) is 2.73. The van der Waals surface area contributed by atoms with Crippen molar-refractivity contribution in [3.8, 4) is 0 Å². The highest BCUT2D eigenvalue weighted by Gasteiger charge is 2.27. The van der Waals surface area contributed by atoms with Crippen LogP contribution in [0.3, 0.4) is 0 Å². The number of carboxylic acids is 1. The molecular weight excluding hydrogens is 252 g/mol. The first kappa shape index (κ1) is 15.1. The minimum absolute atomic E-state index is 0.199. The zero-order valence-electron chi connectivity index (χ0n) is 11.0. The minimum Gasteiger partial charge on any atom is -0.480 e. The Hall–Kier alpha value is -0.910. The van der Waals surface area contributed by atoms with Crippen LogP contribution < -0.4 is 5.32 Å². The molecule has 1 fully saturated rings. The van der Waals surface area contributed by atoms with E-state index in [1.165, 1.54) is 4.90 Å². The van der Waals surface area contributed by atoms with Gasteiger partial charge in [-0.1, -0.05) is 6.92 Å². The van der Waals surface area contributed by atoms with Crippen molar-refractivity contribution < 1.29 is 14.7 Å². The van der Waals surface area contributed by atoms with E-state index in [1.54, 1.807) is 6.92 Å². The van der Waals surface area contributed by atoms with Crippen LogP contribution in [0.15, 0.2) is 0 Å². The van der Waals surface area contributed by atoms with Gasteiger partial charge in [-0.25, -0.2) is 4.79 Å². The molecule has 2 N–H and O–H groups in total. The highest BCUT2D eigenvalue weighted by atomic mass is 32.2. The van der Waals surface area contributed by atoms with Crippen molar-refractivity contribution in [2.45, 2.75) is 44.4 Å². The number of carbonyl (C=O) groups excluding carboxylic acids is 1. The molecule has 1 rings (SSSR count). The highest BCUT2D eigenvalue weighted by Crippen LogP contribution is 2.29. The Bertz CT molecular complexity index is 299. The molecule has 0 aromatic heterocycles. The van der Waals surface area contributed by atoms with Crippen LogP contribution in [-0.4, -0.2) is 52.1 Å². The molecule has 0 radical (unpaired) electrons. The minimum atomic E-state index is -0.974. The van der Waals surface area contributed by atoms with Crippen molar-refractivity contribution in [2.24, 2.45) is 0 Å². The molecule has 0 spiro atoms. The first-order valence-corrected chi connectivity index (χ1v) is 7.50. The lowest BCUT2D eigenvalue weighted by Crippen LogP contribution is -2.46. The van der Waals surface area contributed by atoms with Crippen molar-refractivity contribution in [1.29, 1.82) is 0 Å². The number of urea groups is 1. The Morgan fingerprint density at radius 1 is 1.39 bits per heavy atom. The smallest absolute Gasteiger partial charge is 0.323 e. The number of carbonyl (C=O) groups is 2. The number of amides is 2. The maximum Gasteiger partial charge on any atom is 0.323 e. The predicted octanol–water partition coefficient (Wildman–Crippen LogP) is 1.78. The average molecular weight is 274 g/mol. The van der Waals surface area contributed by atoms with Crippen LogP contribution in [0.1, 0.15) is 33.1 Å². The van der Waals surface area contributed by atoms with Gasteiger partial charge in [-0.2, -0.15) is 11.8 Å². The fraction of sp³-hybridized carbons (Fsp3) is 0.833. The molecule has 2 atom stereocenters. The second-order valence-corrected chi connectivity index (χ2v) is 6.02. The van der Waals surface area contributed by atoms with E-state index in [2.05, 4.69) is 12.2 Å². The second-order valence-electron chi connectivity index (χ2n) is 4.44. The van der Waals surface area contributed by atoms with Gasteiger partial charge in [-0.3, -0.25) is 4.79 Å². The third-order valence-corrected chi connectivity index (χ3v) is 4.34. The maximum absolute atomic E-state index is 11.9. The zero-order chi connectivity index (χ0) is 13.5. The fourth-order valence-electron chi connectivity index (χ4n) is 2.21. The van der Waals surface area contributed by atoms with Gasteiger partial charge in [0.25, 0.3) is 0 Å². The SMILES string of the molecule is CCSC1CCC(NC(=O)N(CC)CC(=O)O)C1. The van der Waals surface area contributed by atoms with Crippen LogP contribution in [0.5, 0.6) is 0 Å². The molecule has 0 heterocycles. The molecule has 104 valence electrons. The number of hydrogen-bond acceptors (Lipinski definition) is 3. The summed E-state index contributed by atoms with van der Waals surface area (Å²) in [6, 6.07) is -0.0588. The first-order chi connectivity index (χ1) is 8.56. The van der Waals surface area contributed by atoms with Crippen LogP contribution >= 0.6 is 11.8 Å². The van der Waals surface area contributed by atoms with Gasteiger partial charge in [0.2, 0.25) is 0 Å². The largest absolute Gasteiger partial charge is 0.480 e. The number of nitrogens with one attached hydrogen (secondary N) is 1. The van der Waals surface area contributed by atoms with Gasteiger partial charge in [0, 0.05) is 17.8 Å². The van der Waals surface area contributed by atoms with Crippen LogP contribution in [0.4, 0.5) is 4.79 Å². The molecule has 1 saturated carbocycles. The molecule has 0 bridgehead atoms. The summed E-state index contributed by atoms with van der Waals surface area (Å²) in [6.07, 6.45) is 3.12. The normalized spacial score (nSPS) is 22.8. The number of carboxylic acid groups (broad SMARTS) is 1. The standard InChI is InChI=1S/C12H22N2O3S/c1-3-14(8-11(15)16)12(17)13-9-5-6-10(7-9)18-4-2/h9-10H,3-8H2,1-2H3,(H,13,17)(H,15,16). The van der Waals surface area contributed by atoms with E-state index in [-0.39, 0.29) is 18.6 Å². The van der Waals surface area contributed by atoms with E-state index >= 15 is 0 Å². The Labute approximate surface area is 112 Å². The number of nitrogens with zero attached hydrogens (tertiary/aromatic N) is 1. The van der Waals surface area contributed by atoms with Gasteiger partial charge in [-0.05, 0) is 31.9 Å². The van der Waals surface area contributed by atoms with E-state index < -0.39 is 5.97 Å². The molecule has 0 aromatic carbocycles. The van der Waals surface area contributed by atoms with Crippen LogP contribution in [-0.2, 0) is 4.79 Å². The zero-order valence-corrected chi connectivity index (χ0v) is 11.8. The molecule has 18 heavy (non-hydrogen) atoms. The lowest BCUT2D eigenvalue weighted by Gasteiger charge is -2.22. The van der Waals surface area contributed by atoms with E-state index in [9.17, 15) is 9.59 Å². The summed E-state index contributed by atoms with van der Waals surface area (Å²) >= 11 is 1.94. The van der Waals surface area contributed by atoms with E-state index in [0.717, 1.165) is 25.0 Å². The highest BCUT2D eigenvalue weighted by molar-refractivity contribution is 7.99. The maximum atomic E-state index is 11.9. The number of thioether (sulfide) groups is 1. The third-order valence-electron chi connectivity index (χ3n) is 3.11. The summed E-state index contributed by atoms with van der Waals surface area (Å²) in [5.74, 6) is 0.128. The second kappa shape index (κ2) is 7.51. The van der Waals surface area contributed by atoms with Crippen LogP contribution in [0.2, 0.25) is 0 Å². The van der Waals surface area contributed by atoms with Gasteiger partial charge in [0.05, 0.1) is 0 Å². The Balaban J connectivity index is 2.37. The Morgan fingerprint density at radius 2 is 2.11 bits per heavy atom. The van der Waals surface area contributed by atoms with Gasteiger partial charge in [0.1, 0.15) is 6.54 Å². The molecule has 0 saturated heterocycles. The first-order valence-electron chi connectivity index (χ1n) is 6.45. The number of aliphatic carboxylic acids is 1. The molecular formula is C12H22N2O3S. The number of hydrogen-bond donors (Lipinski definition) is 2. The molecule has 5 nitrogen and oxygen atoms in total. The molecule has 2 unspecified atom stereocenters. The predicted molar refractivity (Wildman–Crippen MR) is 73.0 cm³/mol. The quantitative estimate of drug-likeness (QED) is 0.774. The summed E-state index contributed by atoms with van der Waals surface area (Å²) in [7, 11) is 0. The molecule has 0 aromatic rings. The number of likely N-dealkylation sites (N-methyl/N-ethyl adjacent to an activating group) is 1.